The van der Waals surface area contributed by atoms with Crippen molar-refractivity contribution in [3.63, 3.8) is 0 Å². The lowest BCUT2D eigenvalue weighted by Gasteiger charge is -2.32. The Labute approximate surface area is 129 Å². The number of sulfonamides is 1. The minimum absolute atomic E-state index is 0.0982. The number of hydrogen-bond acceptors (Lipinski definition) is 3. The average Bonchev–Trinajstić information content (AvgIpc) is 2.41. The van der Waals surface area contributed by atoms with Crippen molar-refractivity contribution in [1.29, 1.82) is 0 Å². The van der Waals surface area contributed by atoms with Crippen molar-refractivity contribution in [1.82, 2.24) is 4.31 Å². The summed E-state index contributed by atoms with van der Waals surface area (Å²) in [5.41, 5.74) is 6.23. The number of rotatable bonds is 3. The number of nitrogens with zero attached hydrogens (tertiary/aromatic N) is 1. The van der Waals surface area contributed by atoms with Crippen LogP contribution in [0.2, 0.25) is 0 Å². The van der Waals surface area contributed by atoms with Crippen molar-refractivity contribution in [2.24, 2.45) is 5.92 Å². The minimum atomic E-state index is -3.46. The van der Waals surface area contributed by atoms with Crippen LogP contribution in [-0.2, 0) is 10.0 Å². The van der Waals surface area contributed by atoms with Gasteiger partial charge in [-0.2, -0.15) is 4.31 Å². The molecule has 1 aromatic carbocycles. The van der Waals surface area contributed by atoms with Crippen molar-refractivity contribution in [3.05, 3.63) is 22.7 Å². The zero-order valence-electron chi connectivity index (χ0n) is 11.8. The SMILES string of the molecule is CC1CCC(N(C)S(=O)(=O)c2ccc(Br)c(N)c2)CC1. The van der Waals surface area contributed by atoms with E-state index in [-0.39, 0.29) is 10.9 Å². The number of benzene rings is 1. The van der Waals surface area contributed by atoms with E-state index < -0.39 is 10.0 Å². The number of nitrogen functional groups attached to an aromatic ring is 1. The Hall–Kier alpha value is -0.590. The van der Waals surface area contributed by atoms with Crippen molar-refractivity contribution in [3.8, 4) is 0 Å². The van der Waals surface area contributed by atoms with Gasteiger partial charge in [-0.3, -0.25) is 0 Å². The Morgan fingerprint density at radius 1 is 1.25 bits per heavy atom. The molecule has 1 fully saturated rings. The van der Waals surface area contributed by atoms with Crippen LogP contribution >= 0.6 is 15.9 Å². The molecule has 0 unspecified atom stereocenters. The maximum Gasteiger partial charge on any atom is 0.243 e. The maximum atomic E-state index is 12.6. The van der Waals surface area contributed by atoms with Gasteiger partial charge in [0.2, 0.25) is 10.0 Å². The zero-order valence-corrected chi connectivity index (χ0v) is 14.2. The highest BCUT2D eigenvalue weighted by molar-refractivity contribution is 9.10. The summed E-state index contributed by atoms with van der Waals surface area (Å²) in [6, 6.07) is 4.89. The highest BCUT2D eigenvalue weighted by atomic mass is 79.9. The Bertz CT molecular complexity index is 581. The summed E-state index contributed by atoms with van der Waals surface area (Å²) in [6.45, 7) is 2.22. The van der Waals surface area contributed by atoms with E-state index in [0.717, 1.165) is 25.7 Å². The second kappa shape index (κ2) is 6.03. The first-order valence-corrected chi connectivity index (χ1v) is 9.08. The van der Waals surface area contributed by atoms with E-state index >= 15 is 0 Å². The molecule has 112 valence electrons. The fraction of sp³-hybridized carbons (Fsp3) is 0.571. The van der Waals surface area contributed by atoms with E-state index in [1.54, 1.807) is 19.2 Å². The van der Waals surface area contributed by atoms with Gasteiger partial charge in [0.05, 0.1) is 4.90 Å². The molecule has 0 bridgehead atoms. The number of hydrogen-bond donors (Lipinski definition) is 1. The quantitative estimate of drug-likeness (QED) is 0.841. The van der Waals surface area contributed by atoms with Crippen LogP contribution in [0.1, 0.15) is 32.6 Å². The van der Waals surface area contributed by atoms with Crippen LogP contribution < -0.4 is 5.73 Å². The third kappa shape index (κ3) is 3.18. The first-order valence-electron chi connectivity index (χ1n) is 6.85. The number of anilines is 1. The summed E-state index contributed by atoms with van der Waals surface area (Å²) in [7, 11) is -1.79. The van der Waals surface area contributed by atoms with Crippen LogP contribution in [0.25, 0.3) is 0 Å². The van der Waals surface area contributed by atoms with E-state index in [9.17, 15) is 8.42 Å². The van der Waals surface area contributed by atoms with Gasteiger partial charge in [-0.25, -0.2) is 8.42 Å². The van der Waals surface area contributed by atoms with Crippen LogP contribution in [-0.4, -0.2) is 25.8 Å². The molecule has 0 amide bonds. The molecule has 20 heavy (non-hydrogen) atoms. The Balaban J connectivity index is 2.23. The molecule has 1 aliphatic rings. The molecule has 0 heterocycles. The molecule has 0 radical (unpaired) electrons. The molecule has 2 N–H and O–H groups in total. The molecule has 1 saturated carbocycles. The van der Waals surface area contributed by atoms with Gasteiger partial charge in [-0.1, -0.05) is 6.92 Å². The van der Waals surface area contributed by atoms with Crippen molar-refractivity contribution >= 4 is 31.6 Å². The summed E-state index contributed by atoms with van der Waals surface area (Å²) in [5.74, 6) is 0.700. The Kier molecular flexibility index (Phi) is 4.76. The molecule has 0 aliphatic heterocycles. The molecule has 1 aliphatic carbocycles. The lowest BCUT2D eigenvalue weighted by atomic mass is 9.87. The lowest BCUT2D eigenvalue weighted by molar-refractivity contribution is 0.246. The average molecular weight is 361 g/mol. The van der Waals surface area contributed by atoms with E-state index in [1.807, 2.05) is 0 Å². The number of halogens is 1. The summed E-state index contributed by atoms with van der Waals surface area (Å²) >= 11 is 3.28. The third-order valence-electron chi connectivity index (χ3n) is 4.14. The topological polar surface area (TPSA) is 63.4 Å². The highest BCUT2D eigenvalue weighted by Crippen LogP contribution is 2.31. The van der Waals surface area contributed by atoms with E-state index in [0.29, 0.717) is 16.1 Å². The van der Waals surface area contributed by atoms with E-state index in [4.69, 9.17) is 5.73 Å². The molecule has 4 nitrogen and oxygen atoms in total. The van der Waals surface area contributed by atoms with E-state index in [1.165, 1.54) is 10.4 Å². The smallest absolute Gasteiger partial charge is 0.243 e. The second-order valence-corrected chi connectivity index (χ2v) is 8.47. The first kappa shape index (κ1) is 15.8. The highest BCUT2D eigenvalue weighted by Gasteiger charge is 2.30. The molecule has 1 aromatic rings. The monoisotopic (exact) mass is 360 g/mol. The van der Waals surface area contributed by atoms with E-state index in [2.05, 4.69) is 22.9 Å². The molecular weight excluding hydrogens is 340 g/mol. The zero-order chi connectivity index (χ0) is 14.9. The van der Waals surface area contributed by atoms with Crippen molar-refractivity contribution in [2.45, 2.75) is 43.5 Å². The summed E-state index contributed by atoms with van der Waals surface area (Å²) in [5, 5.41) is 0. The lowest BCUT2D eigenvalue weighted by Crippen LogP contribution is -2.39. The Morgan fingerprint density at radius 2 is 1.85 bits per heavy atom. The fourth-order valence-corrected chi connectivity index (χ4v) is 4.35. The van der Waals surface area contributed by atoms with Gasteiger partial charge < -0.3 is 5.73 Å². The predicted molar refractivity (Wildman–Crippen MR) is 84.9 cm³/mol. The predicted octanol–water partition coefficient (Wildman–Crippen LogP) is 3.23. The summed E-state index contributed by atoms with van der Waals surface area (Å²) < 4.78 is 27.5. The van der Waals surface area contributed by atoms with Crippen LogP contribution in [0.5, 0.6) is 0 Å². The largest absolute Gasteiger partial charge is 0.398 e. The Morgan fingerprint density at radius 3 is 2.40 bits per heavy atom. The third-order valence-corrected chi connectivity index (χ3v) is 6.77. The van der Waals surface area contributed by atoms with Gasteiger partial charge >= 0.3 is 0 Å². The maximum absolute atomic E-state index is 12.6. The van der Waals surface area contributed by atoms with Crippen LogP contribution in [0.4, 0.5) is 5.69 Å². The van der Waals surface area contributed by atoms with Crippen molar-refractivity contribution < 1.29 is 8.42 Å². The van der Waals surface area contributed by atoms with Gasteiger partial charge in [-0.15, -0.1) is 0 Å². The first-order chi connectivity index (χ1) is 9.32. The van der Waals surface area contributed by atoms with Gasteiger partial charge in [0.25, 0.3) is 0 Å². The van der Waals surface area contributed by atoms with Gasteiger partial charge in [0.1, 0.15) is 0 Å². The van der Waals surface area contributed by atoms with Crippen LogP contribution in [0.15, 0.2) is 27.6 Å². The summed E-state index contributed by atoms with van der Waals surface area (Å²) in [6.07, 6.45) is 4.05. The van der Waals surface area contributed by atoms with Gasteiger partial charge in [0.15, 0.2) is 0 Å². The normalized spacial score (nSPS) is 24.0. The molecule has 6 heteroatoms. The number of nitrogens with two attached hydrogens (primary N) is 1. The van der Waals surface area contributed by atoms with Crippen molar-refractivity contribution in [2.75, 3.05) is 12.8 Å². The van der Waals surface area contributed by atoms with Gasteiger partial charge in [-0.05, 0) is 65.7 Å². The molecule has 0 saturated heterocycles. The van der Waals surface area contributed by atoms with Gasteiger partial charge in [0, 0.05) is 23.2 Å². The molecule has 2 rings (SSSR count). The minimum Gasteiger partial charge on any atom is -0.398 e. The molecule has 0 aromatic heterocycles. The van der Waals surface area contributed by atoms with Crippen LogP contribution in [0, 0.1) is 5.92 Å². The fourth-order valence-electron chi connectivity index (χ4n) is 2.65. The molecular formula is C14H21BrN2O2S. The summed E-state index contributed by atoms with van der Waals surface area (Å²) in [4.78, 5) is 0.263. The van der Waals surface area contributed by atoms with Crippen LogP contribution in [0.3, 0.4) is 0 Å². The molecule has 0 atom stereocenters. The molecule has 0 spiro atoms. The standard InChI is InChI=1S/C14H21BrN2O2S/c1-10-3-5-11(6-4-10)17(2)20(18,19)12-7-8-13(15)14(16)9-12/h7-11H,3-6,16H2,1-2H3. The second-order valence-electron chi connectivity index (χ2n) is 5.62.